The number of benzene rings is 2. The fourth-order valence-corrected chi connectivity index (χ4v) is 4.06. The highest BCUT2D eigenvalue weighted by atomic mass is 16.4. The van der Waals surface area contributed by atoms with Gasteiger partial charge in [-0.15, -0.1) is 0 Å². The number of carbonyl (C=O) groups excluding carboxylic acids is 1. The molecule has 3 aromatic rings. The lowest BCUT2D eigenvalue weighted by molar-refractivity contribution is 0.0692. The number of rotatable bonds is 10. The molecule has 0 atom stereocenters. The molecule has 1 aromatic heterocycles. The summed E-state index contributed by atoms with van der Waals surface area (Å²) in [5, 5.41) is 10.4. The Hall–Kier alpha value is -2.88. The molecular formula is C25H29NO3. The molecule has 0 aliphatic heterocycles. The quantitative estimate of drug-likeness (QED) is 0.329. The van der Waals surface area contributed by atoms with Gasteiger partial charge in [0.25, 0.3) is 0 Å². The molecule has 29 heavy (non-hydrogen) atoms. The van der Waals surface area contributed by atoms with Gasteiger partial charge in [0, 0.05) is 28.7 Å². The van der Waals surface area contributed by atoms with Crippen molar-refractivity contribution in [1.82, 2.24) is 4.57 Å². The zero-order valence-electron chi connectivity index (χ0n) is 17.3. The van der Waals surface area contributed by atoms with Gasteiger partial charge >= 0.3 is 5.97 Å². The van der Waals surface area contributed by atoms with Gasteiger partial charge in [-0.1, -0.05) is 75.4 Å². The smallest absolute Gasteiger partial charge is 0.336 e. The van der Waals surface area contributed by atoms with E-state index in [-0.39, 0.29) is 16.9 Å². The first kappa shape index (κ1) is 20.8. The maximum absolute atomic E-state index is 13.4. The van der Waals surface area contributed by atoms with Crippen LogP contribution >= 0.6 is 0 Å². The summed E-state index contributed by atoms with van der Waals surface area (Å²) in [6, 6.07) is 14.4. The molecule has 1 N–H and O–H groups in total. The van der Waals surface area contributed by atoms with Crippen LogP contribution in [0, 0.1) is 6.92 Å². The van der Waals surface area contributed by atoms with Gasteiger partial charge in [-0.3, -0.25) is 4.79 Å². The lowest BCUT2D eigenvalue weighted by Crippen LogP contribution is -2.11. The normalized spacial score (nSPS) is 11.1. The second kappa shape index (κ2) is 9.55. The van der Waals surface area contributed by atoms with E-state index in [1.165, 1.54) is 38.2 Å². The maximum Gasteiger partial charge on any atom is 0.336 e. The highest BCUT2D eigenvalue weighted by molar-refractivity contribution is 6.20. The largest absolute Gasteiger partial charge is 0.478 e. The Kier molecular flexibility index (Phi) is 6.86. The van der Waals surface area contributed by atoms with Crippen LogP contribution in [0.15, 0.2) is 48.5 Å². The molecule has 0 bridgehead atoms. The first-order valence-electron chi connectivity index (χ1n) is 10.5. The molecule has 0 saturated heterocycles. The molecule has 4 heteroatoms. The number of ketones is 1. The Morgan fingerprint density at radius 2 is 1.48 bits per heavy atom. The van der Waals surface area contributed by atoms with Gasteiger partial charge in [0.05, 0.1) is 11.1 Å². The van der Waals surface area contributed by atoms with Crippen LogP contribution in [0.25, 0.3) is 10.9 Å². The summed E-state index contributed by atoms with van der Waals surface area (Å²) >= 11 is 0. The van der Waals surface area contributed by atoms with Gasteiger partial charge in [0.1, 0.15) is 0 Å². The highest BCUT2D eigenvalue weighted by Gasteiger charge is 2.24. The van der Waals surface area contributed by atoms with E-state index in [0.29, 0.717) is 5.56 Å². The van der Waals surface area contributed by atoms with E-state index in [0.717, 1.165) is 29.6 Å². The topological polar surface area (TPSA) is 59.3 Å². The van der Waals surface area contributed by atoms with Crippen molar-refractivity contribution in [2.75, 3.05) is 0 Å². The van der Waals surface area contributed by atoms with Crippen molar-refractivity contribution in [1.29, 1.82) is 0 Å². The van der Waals surface area contributed by atoms with Crippen molar-refractivity contribution in [3.05, 3.63) is 70.9 Å². The molecule has 3 rings (SSSR count). The number of hydrogen-bond donors (Lipinski definition) is 1. The minimum absolute atomic E-state index is 0.0460. The Morgan fingerprint density at radius 1 is 0.862 bits per heavy atom. The Balaban J connectivity index is 1.94. The van der Waals surface area contributed by atoms with Gasteiger partial charge in [0.15, 0.2) is 5.78 Å². The number of aromatic nitrogens is 1. The molecule has 0 saturated carbocycles. The Morgan fingerprint density at radius 3 is 2.21 bits per heavy atom. The average molecular weight is 392 g/mol. The third kappa shape index (κ3) is 4.42. The zero-order chi connectivity index (χ0) is 20.8. The first-order valence-corrected chi connectivity index (χ1v) is 10.5. The van der Waals surface area contributed by atoms with E-state index in [2.05, 4.69) is 11.5 Å². The summed E-state index contributed by atoms with van der Waals surface area (Å²) in [6.07, 6.45) is 7.29. The van der Waals surface area contributed by atoms with Crippen LogP contribution in [0.5, 0.6) is 0 Å². The molecule has 0 aliphatic rings. The summed E-state index contributed by atoms with van der Waals surface area (Å²) in [7, 11) is 0. The fourth-order valence-electron chi connectivity index (χ4n) is 4.06. The van der Waals surface area contributed by atoms with Crippen LogP contribution in [0.3, 0.4) is 0 Å². The molecule has 2 aromatic carbocycles. The van der Waals surface area contributed by atoms with E-state index >= 15 is 0 Å². The van der Waals surface area contributed by atoms with Crippen molar-refractivity contribution in [3.8, 4) is 0 Å². The molecular weight excluding hydrogens is 362 g/mol. The maximum atomic E-state index is 13.4. The van der Waals surface area contributed by atoms with Crippen molar-refractivity contribution < 1.29 is 14.7 Å². The van der Waals surface area contributed by atoms with Crippen LogP contribution in [-0.2, 0) is 6.54 Å². The van der Waals surface area contributed by atoms with Gasteiger partial charge in [-0.2, -0.15) is 0 Å². The third-order valence-corrected chi connectivity index (χ3v) is 5.60. The van der Waals surface area contributed by atoms with E-state index < -0.39 is 5.97 Å². The lowest BCUT2D eigenvalue weighted by Gasteiger charge is -2.09. The summed E-state index contributed by atoms with van der Waals surface area (Å²) < 4.78 is 2.21. The van der Waals surface area contributed by atoms with E-state index in [4.69, 9.17) is 0 Å². The molecule has 0 spiro atoms. The van der Waals surface area contributed by atoms with Gasteiger partial charge < -0.3 is 9.67 Å². The van der Waals surface area contributed by atoms with Crippen molar-refractivity contribution >= 4 is 22.7 Å². The number of nitrogens with zero attached hydrogens (tertiary/aromatic N) is 1. The number of aryl methyl sites for hydroxylation is 1. The van der Waals surface area contributed by atoms with Crippen molar-refractivity contribution in [2.24, 2.45) is 0 Å². The van der Waals surface area contributed by atoms with Crippen LogP contribution in [0.2, 0.25) is 0 Å². The number of carbonyl (C=O) groups is 2. The predicted octanol–water partition coefficient (Wildman–Crippen LogP) is 6.24. The summed E-state index contributed by atoms with van der Waals surface area (Å²) in [5.74, 6) is -1.30. The molecule has 152 valence electrons. The number of aromatic carboxylic acids is 1. The summed E-state index contributed by atoms with van der Waals surface area (Å²) in [4.78, 5) is 25.0. The molecule has 0 radical (unpaired) electrons. The lowest BCUT2D eigenvalue weighted by atomic mass is 9.96. The highest BCUT2D eigenvalue weighted by Crippen LogP contribution is 2.29. The number of fused-ring (bicyclic) bond motifs is 1. The Labute approximate surface area is 172 Å². The Bertz CT molecular complexity index is 1020. The van der Waals surface area contributed by atoms with Crippen molar-refractivity contribution in [3.63, 3.8) is 0 Å². The minimum atomic E-state index is -1.08. The number of unbranched alkanes of at least 4 members (excludes halogenated alkanes) is 5. The van der Waals surface area contributed by atoms with E-state index in [1.54, 1.807) is 18.2 Å². The zero-order valence-corrected chi connectivity index (χ0v) is 17.3. The number of carboxylic acids is 1. The van der Waals surface area contributed by atoms with Crippen LogP contribution < -0.4 is 0 Å². The van der Waals surface area contributed by atoms with Gasteiger partial charge in [-0.25, -0.2) is 4.79 Å². The summed E-state index contributed by atoms with van der Waals surface area (Å²) in [5.41, 5.74) is 2.84. The van der Waals surface area contributed by atoms with Crippen molar-refractivity contribution in [2.45, 2.75) is 58.9 Å². The molecule has 0 amide bonds. The second-order valence-electron chi connectivity index (χ2n) is 7.58. The van der Waals surface area contributed by atoms with E-state index in [1.807, 2.05) is 31.2 Å². The average Bonchev–Trinajstić information content (AvgIpc) is 3.01. The molecule has 0 fully saturated rings. The number of para-hydroxylation sites is 1. The standard InChI is InChI=1S/C25H29NO3/c1-3-4-5-6-7-12-17-26-18(2)23(21-15-10-11-16-22(21)26)24(27)19-13-8-9-14-20(19)25(28)29/h8-11,13-16H,3-7,12,17H2,1-2H3,(H,28,29). The monoisotopic (exact) mass is 391 g/mol. The van der Waals surface area contributed by atoms with Gasteiger partial charge in [-0.05, 0) is 25.5 Å². The number of carboxylic acid groups (broad SMARTS) is 1. The van der Waals surface area contributed by atoms with E-state index in [9.17, 15) is 14.7 Å². The predicted molar refractivity (Wildman–Crippen MR) is 117 cm³/mol. The molecule has 0 unspecified atom stereocenters. The second-order valence-corrected chi connectivity index (χ2v) is 7.58. The minimum Gasteiger partial charge on any atom is -0.478 e. The SMILES string of the molecule is CCCCCCCCn1c(C)c(C(=O)c2ccccc2C(=O)O)c2ccccc21. The first-order chi connectivity index (χ1) is 14.1. The number of hydrogen-bond acceptors (Lipinski definition) is 2. The third-order valence-electron chi connectivity index (χ3n) is 5.60. The van der Waals surface area contributed by atoms with Gasteiger partial charge in [0.2, 0.25) is 0 Å². The molecule has 0 aliphatic carbocycles. The van der Waals surface area contributed by atoms with Crippen LogP contribution in [0.4, 0.5) is 0 Å². The molecule has 1 heterocycles. The summed E-state index contributed by atoms with van der Waals surface area (Å²) in [6.45, 7) is 5.05. The van der Waals surface area contributed by atoms with Crippen LogP contribution in [0.1, 0.15) is 77.4 Å². The van der Waals surface area contributed by atoms with Crippen LogP contribution in [-0.4, -0.2) is 21.4 Å². The molecule has 4 nitrogen and oxygen atoms in total. The fraction of sp³-hybridized carbons (Fsp3) is 0.360.